The summed E-state index contributed by atoms with van der Waals surface area (Å²) in [5.41, 5.74) is -1.58. The second-order valence-corrected chi connectivity index (χ2v) is 9.37. The number of phosphoric acid groups is 1. The van der Waals surface area contributed by atoms with E-state index in [4.69, 9.17) is 23.4 Å². The summed E-state index contributed by atoms with van der Waals surface area (Å²) in [4.78, 5) is 22.3. The molecule has 1 saturated carbocycles. The molecular weight excluding hydrogens is 353 g/mol. The van der Waals surface area contributed by atoms with Crippen LogP contribution in [0, 0.1) is 11.8 Å². The number of alkyl carbamates (subject to hydrolysis) is 1. The van der Waals surface area contributed by atoms with Crippen LogP contribution in [-0.4, -0.2) is 41.7 Å². The van der Waals surface area contributed by atoms with Gasteiger partial charge in [0.1, 0.15) is 0 Å². The topological polar surface area (TPSA) is 120 Å². The van der Waals surface area contributed by atoms with Crippen LogP contribution in [-0.2, 0) is 27.7 Å². The highest BCUT2D eigenvalue weighted by Crippen LogP contribution is 2.55. The van der Waals surface area contributed by atoms with Crippen molar-refractivity contribution in [2.24, 2.45) is 11.8 Å². The number of carboxylic acid groups (broad SMARTS) is 1. The van der Waals surface area contributed by atoms with Gasteiger partial charge in [0.2, 0.25) is 6.79 Å². The number of carbonyl (C=O) groups excluding carboxylic acids is 1. The van der Waals surface area contributed by atoms with Crippen molar-refractivity contribution in [1.29, 1.82) is 0 Å². The van der Waals surface area contributed by atoms with Gasteiger partial charge >= 0.3 is 19.9 Å². The standard InChI is InChI=1S/C15H28NO8P/c1-14(2,3)23-25(20,24-15(4,5)6)22-9-21-13(19)16-8-10-7-11(10)12(17)18/h10-11H,7-9H2,1-6H3,(H,16,19)(H,17,18)/t10-,11-/m0/s1. The van der Waals surface area contributed by atoms with E-state index in [1.54, 1.807) is 41.5 Å². The molecule has 10 heteroatoms. The Balaban J connectivity index is 2.42. The number of hydrogen-bond donors (Lipinski definition) is 2. The maximum Gasteiger partial charge on any atom is 0.478 e. The molecular formula is C15H28NO8P. The summed E-state index contributed by atoms with van der Waals surface area (Å²) in [5, 5.41) is 11.2. The average Bonchev–Trinajstić information content (AvgIpc) is 3.10. The molecule has 0 saturated heterocycles. The molecule has 0 heterocycles. The van der Waals surface area contributed by atoms with Gasteiger partial charge in [-0.3, -0.25) is 13.8 Å². The van der Waals surface area contributed by atoms with E-state index in [0.717, 1.165) is 0 Å². The molecule has 1 fully saturated rings. The molecule has 1 rings (SSSR count). The van der Waals surface area contributed by atoms with Gasteiger partial charge < -0.3 is 15.2 Å². The Morgan fingerprint density at radius 1 is 1.12 bits per heavy atom. The fourth-order valence-corrected chi connectivity index (χ4v) is 3.59. The molecule has 146 valence electrons. The average molecular weight is 381 g/mol. The Morgan fingerprint density at radius 2 is 1.64 bits per heavy atom. The van der Waals surface area contributed by atoms with Crippen molar-refractivity contribution in [3.63, 3.8) is 0 Å². The molecule has 0 aromatic rings. The fourth-order valence-electron chi connectivity index (χ4n) is 1.93. The maximum atomic E-state index is 12.7. The van der Waals surface area contributed by atoms with Crippen LogP contribution in [0.15, 0.2) is 0 Å². The van der Waals surface area contributed by atoms with E-state index in [2.05, 4.69) is 5.32 Å². The van der Waals surface area contributed by atoms with Crippen LogP contribution in [0.1, 0.15) is 48.0 Å². The number of phosphoric ester groups is 1. The molecule has 1 aliphatic carbocycles. The Hall–Kier alpha value is -1.15. The molecule has 1 aliphatic rings. The lowest BCUT2D eigenvalue weighted by molar-refractivity contribution is -0.138. The highest BCUT2D eigenvalue weighted by atomic mass is 31.2. The van der Waals surface area contributed by atoms with Crippen LogP contribution in [0.4, 0.5) is 4.79 Å². The van der Waals surface area contributed by atoms with Crippen LogP contribution in [0.25, 0.3) is 0 Å². The predicted octanol–water partition coefficient (Wildman–Crippen LogP) is 3.15. The minimum absolute atomic E-state index is 0.0921. The third-order valence-electron chi connectivity index (χ3n) is 2.92. The van der Waals surface area contributed by atoms with E-state index in [1.165, 1.54) is 0 Å². The summed E-state index contributed by atoms with van der Waals surface area (Å²) >= 11 is 0. The molecule has 0 aliphatic heterocycles. The van der Waals surface area contributed by atoms with Gasteiger partial charge in [0.25, 0.3) is 0 Å². The molecule has 0 unspecified atom stereocenters. The highest BCUT2D eigenvalue weighted by molar-refractivity contribution is 7.48. The van der Waals surface area contributed by atoms with E-state index in [0.29, 0.717) is 6.42 Å². The predicted molar refractivity (Wildman–Crippen MR) is 89.0 cm³/mol. The zero-order chi connectivity index (χ0) is 19.5. The largest absolute Gasteiger partial charge is 0.481 e. The first kappa shape index (κ1) is 21.9. The lowest BCUT2D eigenvalue weighted by Gasteiger charge is -2.30. The molecule has 2 atom stereocenters. The second kappa shape index (κ2) is 8.03. The minimum atomic E-state index is -3.95. The van der Waals surface area contributed by atoms with Crippen LogP contribution >= 0.6 is 7.82 Å². The number of nitrogens with one attached hydrogen (secondary N) is 1. The third kappa shape index (κ3) is 9.21. The molecule has 0 aromatic carbocycles. The number of carboxylic acids is 1. The first-order chi connectivity index (χ1) is 11.2. The quantitative estimate of drug-likeness (QED) is 0.486. The third-order valence-corrected chi connectivity index (χ3v) is 4.88. The Labute approximate surface area is 148 Å². The zero-order valence-electron chi connectivity index (χ0n) is 15.5. The number of rotatable bonds is 8. The van der Waals surface area contributed by atoms with Gasteiger partial charge in [-0.1, -0.05) is 0 Å². The van der Waals surface area contributed by atoms with Gasteiger partial charge in [0, 0.05) is 6.54 Å². The van der Waals surface area contributed by atoms with Crippen LogP contribution in [0.3, 0.4) is 0 Å². The van der Waals surface area contributed by atoms with Gasteiger partial charge in [-0.15, -0.1) is 0 Å². The summed E-state index contributed by atoms with van der Waals surface area (Å²) in [6, 6.07) is 0. The Kier molecular flexibility index (Phi) is 7.03. The fraction of sp³-hybridized carbons (Fsp3) is 0.867. The Bertz CT molecular complexity index is 517. The lowest BCUT2D eigenvalue weighted by atomic mass is 10.2. The first-order valence-corrected chi connectivity index (χ1v) is 9.46. The normalized spacial score (nSPS) is 20.9. The summed E-state index contributed by atoms with van der Waals surface area (Å²) in [5.74, 6) is -1.38. The number of aliphatic carboxylic acids is 1. The van der Waals surface area contributed by atoms with Crippen molar-refractivity contribution in [2.45, 2.75) is 59.2 Å². The molecule has 1 amide bonds. The molecule has 0 radical (unpaired) electrons. The van der Waals surface area contributed by atoms with Crippen molar-refractivity contribution in [1.82, 2.24) is 5.32 Å². The van der Waals surface area contributed by atoms with E-state index in [-0.39, 0.29) is 12.5 Å². The van der Waals surface area contributed by atoms with Crippen molar-refractivity contribution in [2.75, 3.05) is 13.3 Å². The van der Waals surface area contributed by atoms with Crippen LogP contribution in [0.5, 0.6) is 0 Å². The monoisotopic (exact) mass is 381 g/mol. The summed E-state index contributed by atoms with van der Waals surface area (Å²) in [6.45, 7) is 9.73. The first-order valence-electron chi connectivity index (χ1n) is 8.00. The van der Waals surface area contributed by atoms with Crippen molar-refractivity contribution in [3.8, 4) is 0 Å². The van der Waals surface area contributed by atoms with E-state index < -0.39 is 43.8 Å². The van der Waals surface area contributed by atoms with Crippen molar-refractivity contribution >= 4 is 19.9 Å². The van der Waals surface area contributed by atoms with Gasteiger partial charge in [-0.25, -0.2) is 13.9 Å². The van der Waals surface area contributed by atoms with Crippen molar-refractivity contribution in [3.05, 3.63) is 0 Å². The second-order valence-electron chi connectivity index (χ2n) is 7.85. The van der Waals surface area contributed by atoms with E-state index in [9.17, 15) is 14.2 Å². The van der Waals surface area contributed by atoms with Gasteiger partial charge in [-0.05, 0) is 53.9 Å². The molecule has 0 aromatic heterocycles. The molecule has 0 spiro atoms. The molecule has 25 heavy (non-hydrogen) atoms. The summed E-state index contributed by atoms with van der Waals surface area (Å²) in [6.07, 6.45) is -0.269. The van der Waals surface area contributed by atoms with Crippen LogP contribution < -0.4 is 5.32 Å². The molecule has 9 nitrogen and oxygen atoms in total. The summed E-state index contributed by atoms with van der Waals surface area (Å²) < 4.78 is 33.3. The van der Waals surface area contributed by atoms with E-state index in [1.807, 2.05) is 0 Å². The molecule has 2 N–H and O–H groups in total. The van der Waals surface area contributed by atoms with Crippen molar-refractivity contribution < 1.29 is 37.6 Å². The van der Waals surface area contributed by atoms with Gasteiger partial charge in [-0.2, -0.15) is 0 Å². The number of amides is 1. The van der Waals surface area contributed by atoms with Gasteiger partial charge in [0.05, 0.1) is 17.1 Å². The highest BCUT2D eigenvalue weighted by Gasteiger charge is 2.43. The SMILES string of the molecule is CC(C)(C)OP(=O)(OCOC(=O)NC[C@@H]1C[C@@H]1C(=O)O)OC(C)(C)C. The minimum Gasteiger partial charge on any atom is -0.481 e. The number of ether oxygens (including phenoxy) is 1. The maximum absolute atomic E-state index is 12.7. The number of hydrogen-bond acceptors (Lipinski definition) is 7. The molecule has 0 bridgehead atoms. The lowest BCUT2D eigenvalue weighted by Crippen LogP contribution is -2.29. The van der Waals surface area contributed by atoms with Gasteiger partial charge in [0.15, 0.2) is 0 Å². The smallest absolute Gasteiger partial charge is 0.478 e. The summed E-state index contributed by atoms with van der Waals surface area (Å²) in [7, 11) is -3.95. The van der Waals surface area contributed by atoms with Crippen LogP contribution in [0.2, 0.25) is 0 Å². The number of carbonyl (C=O) groups is 2. The van der Waals surface area contributed by atoms with E-state index >= 15 is 0 Å². The Morgan fingerprint density at radius 3 is 2.04 bits per heavy atom. The zero-order valence-corrected chi connectivity index (χ0v) is 16.4.